The van der Waals surface area contributed by atoms with Crippen LogP contribution in [0.4, 0.5) is 5.13 Å². The molecule has 0 aliphatic heterocycles. The lowest BCUT2D eigenvalue weighted by Gasteiger charge is -1.98. The lowest BCUT2D eigenvalue weighted by molar-refractivity contribution is 0.419. The number of hydrogen-bond acceptors (Lipinski definition) is 5. The van der Waals surface area contributed by atoms with Gasteiger partial charge in [-0.25, -0.2) is 4.98 Å². The largest absolute Gasteiger partial charge is 0.494 e. The van der Waals surface area contributed by atoms with Gasteiger partial charge in [0.15, 0.2) is 0 Å². The van der Waals surface area contributed by atoms with Crippen LogP contribution in [0.1, 0.15) is 13.8 Å². The molecule has 4 nitrogen and oxygen atoms in total. The first-order valence-electron chi connectivity index (χ1n) is 4.91. The summed E-state index contributed by atoms with van der Waals surface area (Å²) in [6, 6.07) is 5.88. The Morgan fingerprint density at radius 1 is 1.44 bits per heavy atom. The molecule has 0 fully saturated rings. The third-order valence-corrected chi connectivity index (χ3v) is 2.90. The molecular formula is C11H13N3OS. The molecule has 0 spiro atoms. The number of hydrazone groups is 1. The van der Waals surface area contributed by atoms with Crippen molar-refractivity contribution >= 4 is 32.4 Å². The predicted octanol–water partition coefficient (Wildman–Crippen LogP) is 3.11. The van der Waals surface area contributed by atoms with Crippen LogP contribution in [0.25, 0.3) is 10.2 Å². The Bertz CT molecular complexity index is 529. The number of benzene rings is 1. The van der Waals surface area contributed by atoms with Crippen LogP contribution in [0.3, 0.4) is 0 Å². The van der Waals surface area contributed by atoms with Crippen LogP contribution in [-0.4, -0.2) is 17.8 Å². The first-order valence-corrected chi connectivity index (χ1v) is 5.73. The van der Waals surface area contributed by atoms with Crippen molar-refractivity contribution in [2.75, 3.05) is 12.5 Å². The van der Waals surface area contributed by atoms with Gasteiger partial charge in [-0.1, -0.05) is 17.4 Å². The Morgan fingerprint density at radius 3 is 2.94 bits per heavy atom. The van der Waals surface area contributed by atoms with Crippen molar-refractivity contribution in [1.82, 2.24) is 4.98 Å². The molecule has 0 atom stereocenters. The van der Waals surface area contributed by atoms with Gasteiger partial charge in [-0.2, -0.15) is 5.10 Å². The lowest BCUT2D eigenvalue weighted by Crippen LogP contribution is -1.91. The maximum atomic E-state index is 5.25. The number of para-hydroxylation sites is 1. The molecular weight excluding hydrogens is 222 g/mol. The van der Waals surface area contributed by atoms with Crippen LogP contribution in [0.2, 0.25) is 0 Å². The van der Waals surface area contributed by atoms with E-state index in [0.717, 1.165) is 26.8 Å². The van der Waals surface area contributed by atoms with E-state index in [2.05, 4.69) is 15.5 Å². The molecule has 0 unspecified atom stereocenters. The smallest absolute Gasteiger partial charge is 0.204 e. The number of thiazole rings is 1. The molecule has 1 heterocycles. The highest BCUT2D eigenvalue weighted by Gasteiger charge is 2.07. The Labute approximate surface area is 98.0 Å². The van der Waals surface area contributed by atoms with Gasteiger partial charge in [0.1, 0.15) is 11.3 Å². The standard InChI is InChI=1S/C11H13N3OS/c1-7(2)13-14-11-12-10-8(15-3)5-4-6-9(10)16-11/h4-6H,1-3H3,(H,12,14). The van der Waals surface area contributed by atoms with E-state index in [4.69, 9.17) is 4.74 Å². The highest BCUT2D eigenvalue weighted by Crippen LogP contribution is 2.31. The maximum absolute atomic E-state index is 5.25. The summed E-state index contributed by atoms with van der Waals surface area (Å²) in [6.45, 7) is 3.86. The molecule has 0 radical (unpaired) electrons. The van der Waals surface area contributed by atoms with Gasteiger partial charge >= 0.3 is 0 Å². The van der Waals surface area contributed by atoms with Gasteiger partial charge in [-0.05, 0) is 26.0 Å². The minimum absolute atomic E-state index is 0.778. The van der Waals surface area contributed by atoms with E-state index in [1.165, 1.54) is 0 Å². The van der Waals surface area contributed by atoms with Crippen molar-refractivity contribution in [3.8, 4) is 5.75 Å². The third-order valence-electron chi connectivity index (χ3n) is 1.98. The lowest BCUT2D eigenvalue weighted by atomic mass is 10.3. The summed E-state index contributed by atoms with van der Waals surface area (Å²) in [6.07, 6.45) is 0. The van der Waals surface area contributed by atoms with E-state index in [-0.39, 0.29) is 0 Å². The second kappa shape index (κ2) is 4.49. The zero-order valence-electron chi connectivity index (χ0n) is 9.44. The maximum Gasteiger partial charge on any atom is 0.204 e. The molecule has 1 N–H and O–H groups in total. The van der Waals surface area contributed by atoms with E-state index in [0.29, 0.717) is 0 Å². The van der Waals surface area contributed by atoms with Crippen LogP contribution in [-0.2, 0) is 0 Å². The summed E-state index contributed by atoms with van der Waals surface area (Å²) in [4.78, 5) is 4.43. The first-order chi connectivity index (χ1) is 7.70. The van der Waals surface area contributed by atoms with Crippen LogP contribution in [0.15, 0.2) is 23.3 Å². The van der Waals surface area contributed by atoms with Gasteiger partial charge in [0, 0.05) is 5.71 Å². The monoisotopic (exact) mass is 235 g/mol. The summed E-state index contributed by atoms with van der Waals surface area (Å²) >= 11 is 1.56. The summed E-state index contributed by atoms with van der Waals surface area (Å²) in [5.41, 5.74) is 4.77. The van der Waals surface area contributed by atoms with E-state index < -0.39 is 0 Å². The van der Waals surface area contributed by atoms with Crippen molar-refractivity contribution in [2.45, 2.75) is 13.8 Å². The molecule has 0 saturated heterocycles. The summed E-state index contributed by atoms with van der Waals surface area (Å²) in [5, 5.41) is 4.90. The van der Waals surface area contributed by atoms with Crippen LogP contribution >= 0.6 is 11.3 Å². The number of aromatic nitrogens is 1. The molecule has 0 amide bonds. The predicted molar refractivity (Wildman–Crippen MR) is 68.6 cm³/mol. The van der Waals surface area contributed by atoms with Gasteiger partial charge in [0.25, 0.3) is 0 Å². The Hall–Kier alpha value is -1.62. The topological polar surface area (TPSA) is 46.5 Å². The summed E-state index contributed by atoms with van der Waals surface area (Å²) < 4.78 is 6.34. The minimum Gasteiger partial charge on any atom is -0.494 e. The minimum atomic E-state index is 0.778. The molecule has 16 heavy (non-hydrogen) atoms. The number of hydrogen-bond donors (Lipinski definition) is 1. The van der Waals surface area contributed by atoms with Crippen molar-refractivity contribution in [3.05, 3.63) is 18.2 Å². The first kappa shape index (κ1) is 10.9. The van der Waals surface area contributed by atoms with E-state index in [1.54, 1.807) is 18.4 Å². The molecule has 0 bridgehead atoms. The van der Waals surface area contributed by atoms with Crippen molar-refractivity contribution in [1.29, 1.82) is 0 Å². The third kappa shape index (κ3) is 2.14. The van der Waals surface area contributed by atoms with Crippen molar-refractivity contribution in [2.24, 2.45) is 5.10 Å². The van der Waals surface area contributed by atoms with E-state index in [1.807, 2.05) is 32.0 Å². The number of fused-ring (bicyclic) bond motifs is 1. The van der Waals surface area contributed by atoms with Crippen molar-refractivity contribution in [3.63, 3.8) is 0 Å². The second-order valence-electron chi connectivity index (χ2n) is 3.50. The van der Waals surface area contributed by atoms with Gasteiger partial charge in [-0.3, -0.25) is 5.43 Å². The highest BCUT2D eigenvalue weighted by atomic mass is 32.1. The number of ether oxygens (including phenoxy) is 1. The van der Waals surface area contributed by atoms with Crippen LogP contribution in [0, 0.1) is 0 Å². The normalized spacial score (nSPS) is 10.2. The van der Waals surface area contributed by atoms with Gasteiger partial charge in [0.05, 0.1) is 11.8 Å². The fraction of sp³-hybridized carbons (Fsp3) is 0.273. The summed E-state index contributed by atoms with van der Waals surface area (Å²) in [7, 11) is 1.65. The highest BCUT2D eigenvalue weighted by molar-refractivity contribution is 7.22. The van der Waals surface area contributed by atoms with Gasteiger partial charge in [0.2, 0.25) is 5.13 Å². The van der Waals surface area contributed by atoms with Crippen LogP contribution < -0.4 is 10.2 Å². The molecule has 0 saturated carbocycles. The average Bonchev–Trinajstić information content (AvgIpc) is 2.68. The van der Waals surface area contributed by atoms with E-state index >= 15 is 0 Å². The quantitative estimate of drug-likeness (QED) is 0.656. The number of nitrogens with zero attached hydrogens (tertiary/aromatic N) is 2. The van der Waals surface area contributed by atoms with Crippen molar-refractivity contribution < 1.29 is 4.74 Å². The zero-order valence-corrected chi connectivity index (χ0v) is 10.3. The summed E-state index contributed by atoms with van der Waals surface area (Å²) in [5.74, 6) is 0.791. The van der Waals surface area contributed by atoms with Gasteiger partial charge < -0.3 is 4.74 Å². The van der Waals surface area contributed by atoms with Crippen LogP contribution in [0.5, 0.6) is 5.75 Å². The molecule has 1 aromatic heterocycles. The fourth-order valence-electron chi connectivity index (χ4n) is 1.30. The molecule has 0 aliphatic rings. The number of anilines is 1. The Morgan fingerprint density at radius 2 is 2.25 bits per heavy atom. The number of nitrogens with one attached hydrogen (secondary N) is 1. The zero-order chi connectivity index (χ0) is 11.5. The Kier molecular flexibility index (Phi) is 3.05. The molecule has 2 aromatic rings. The molecule has 1 aromatic carbocycles. The average molecular weight is 235 g/mol. The molecule has 84 valence electrons. The molecule has 2 rings (SSSR count). The Balaban J connectivity index is 2.40. The molecule has 5 heteroatoms. The van der Waals surface area contributed by atoms with E-state index in [9.17, 15) is 0 Å². The number of rotatable bonds is 3. The second-order valence-corrected chi connectivity index (χ2v) is 4.53. The molecule has 0 aliphatic carbocycles. The van der Waals surface area contributed by atoms with Gasteiger partial charge in [-0.15, -0.1) is 0 Å². The number of methoxy groups -OCH3 is 1. The fourth-order valence-corrected chi connectivity index (χ4v) is 2.12. The SMILES string of the molecule is COc1cccc2sc(NN=C(C)C)nc12.